The lowest BCUT2D eigenvalue weighted by Crippen LogP contribution is -2.41. The normalized spacial score (nSPS) is 13.7. The number of rotatable bonds is 7. The van der Waals surface area contributed by atoms with E-state index in [1.807, 2.05) is 13.8 Å². The molecule has 0 aliphatic heterocycles. The average molecular weight is 486 g/mol. The Morgan fingerprint density at radius 1 is 1.46 bits per heavy atom. The van der Waals surface area contributed by atoms with Gasteiger partial charge in [-0.25, -0.2) is 9.78 Å². The Hall–Kier alpha value is -0.550. The third kappa shape index (κ3) is 7.14. The molecule has 0 fully saturated rings. The fourth-order valence-electron chi connectivity index (χ4n) is 1.77. The quantitative estimate of drug-likeness (QED) is 0.267. The molecule has 2 N–H and O–H groups in total. The second-order valence-corrected chi connectivity index (χ2v) is 7.36. The molecule has 0 bridgehead atoms. The maximum atomic E-state index is 11.9. The number of nitrogens with zero attached hydrogens (tertiary/aromatic N) is 2. The van der Waals surface area contributed by atoms with E-state index in [-0.39, 0.29) is 36.0 Å². The summed E-state index contributed by atoms with van der Waals surface area (Å²) in [7, 11) is 1.74. The van der Waals surface area contributed by atoms with Crippen LogP contribution in [0.5, 0.6) is 0 Å². The van der Waals surface area contributed by atoms with Crippen LogP contribution in [0.4, 0.5) is 0 Å². The fourth-order valence-corrected chi connectivity index (χ4v) is 2.99. The smallest absolute Gasteiger partial charge is 0.350 e. The molecule has 138 valence electrons. The van der Waals surface area contributed by atoms with E-state index in [4.69, 9.17) is 4.74 Å². The van der Waals surface area contributed by atoms with Crippen molar-refractivity contribution in [3.8, 4) is 0 Å². The van der Waals surface area contributed by atoms with Crippen molar-refractivity contribution in [2.24, 2.45) is 4.99 Å². The number of guanidine groups is 1. The van der Waals surface area contributed by atoms with Gasteiger partial charge in [-0.1, -0.05) is 6.92 Å². The van der Waals surface area contributed by atoms with Crippen molar-refractivity contribution in [2.75, 3.05) is 26.5 Å². The molecule has 0 aliphatic carbocycles. The number of aromatic nitrogens is 1. The average Bonchev–Trinajstić information content (AvgIpc) is 2.93. The second kappa shape index (κ2) is 11.9. The van der Waals surface area contributed by atoms with Crippen LogP contribution < -0.4 is 10.6 Å². The molecule has 1 aromatic heterocycles. The zero-order chi connectivity index (χ0) is 17.4. The summed E-state index contributed by atoms with van der Waals surface area (Å²) in [6.07, 6.45) is 2.08. The van der Waals surface area contributed by atoms with Crippen molar-refractivity contribution in [2.45, 2.75) is 39.0 Å². The molecule has 6 nitrogen and oxygen atoms in total. The van der Waals surface area contributed by atoms with Crippen molar-refractivity contribution in [1.82, 2.24) is 15.6 Å². The zero-order valence-electron chi connectivity index (χ0n) is 15.0. The predicted molar refractivity (Wildman–Crippen MR) is 114 cm³/mol. The zero-order valence-corrected chi connectivity index (χ0v) is 19.0. The standard InChI is InChI=1S/C15H26N4O2S2.HI/c1-7-21-14(20)12-10(3)18-13(23-12)11(4)19-15(16-5)17-8-9(2)22-6;/h9,11H,7-8H2,1-6H3,(H2,16,17,19);1H. The molecule has 2 atom stereocenters. The molecule has 2 unspecified atom stereocenters. The first kappa shape index (κ1) is 23.4. The van der Waals surface area contributed by atoms with Gasteiger partial charge in [0.25, 0.3) is 0 Å². The second-order valence-electron chi connectivity index (χ2n) is 5.05. The Kier molecular flexibility index (Phi) is 11.6. The number of carbonyl (C=O) groups is 1. The van der Waals surface area contributed by atoms with E-state index in [0.717, 1.165) is 17.5 Å². The topological polar surface area (TPSA) is 75.6 Å². The maximum Gasteiger partial charge on any atom is 0.350 e. The number of hydrogen-bond acceptors (Lipinski definition) is 6. The van der Waals surface area contributed by atoms with Crippen LogP contribution in [0.2, 0.25) is 0 Å². The van der Waals surface area contributed by atoms with Crippen LogP contribution in [0.1, 0.15) is 47.2 Å². The van der Waals surface area contributed by atoms with Gasteiger partial charge in [0, 0.05) is 18.8 Å². The largest absolute Gasteiger partial charge is 0.462 e. The minimum atomic E-state index is -0.308. The van der Waals surface area contributed by atoms with Crippen LogP contribution in [-0.2, 0) is 4.74 Å². The van der Waals surface area contributed by atoms with E-state index < -0.39 is 0 Å². The number of thiazole rings is 1. The Balaban J connectivity index is 0.00000529. The van der Waals surface area contributed by atoms with E-state index >= 15 is 0 Å². The number of aryl methyl sites for hydroxylation is 1. The van der Waals surface area contributed by atoms with Crippen LogP contribution in [0, 0.1) is 6.92 Å². The molecule has 24 heavy (non-hydrogen) atoms. The van der Waals surface area contributed by atoms with E-state index in [0.29, 0.717) is 22.4 Å². The van der Waals surface area contributed by atoms with Crippen LogP contribution in [0.15, 0.2) is 4.99 Å². The molecule has 0 saturated heterocycles. The molecule has 1 aromatic rings. The Bertz CT molecular complexity index is 552. The first-order valence-electron chi connectivity index (χ1n) is 7.57. The van der Waals surface area contributed by atoms with Gasteiger partial charge >= 0.3 is 5.97 Å². The summed E-state index contributed by atoms with van der Waals surface area (Å²) >= 11 is 3.16. The lowest BCUT2D eigenvalue weighted by Gasteiger charge is -2.17. The van der Waals surface area contributed by atoms with Crippen molar-refractivity contribution >= 4 is 59.0 Å². The van der Waals surface area contributed by atoms with Crippen LogP contribution >= 0.6 is 47.1 Å². The van der Waals surface area contributed by atoms with Gasteiger partial charge in [0.1, 0.15) is 9.88 Å². The number of aliphatic imine (C=N–C) groups is 1. The number of halogens is 1. The minimum absolute atomic E-state index is 0. The molecule has 9 heteroatoms. The lowest BCUT2D eigenvalue weighted by atomic mass is 10.3. The highest BCUT2D eigenvalue weighted by atomic mass is 127. The van der Waals surface area contributed by atoms with E-state index in [1.165, 1.54) is 11.3 Å². The summed E-state index contributed by atoms with van der Waals surface area (Å²) in [5, 5.41) is 7.93. The molecule has 1 heterocycles. The number of nitrogens with one attached hydrogen (secondary N) is 2. The monoisotopic (exact) mass is 486 g/mol. The highest BCUT2D eigenvalue weighted by Gasteiger charge is 2.20. The first-order chi connectivity index (χ1) is 10.9. The van der Waals surface area contributed by atoms with Gasteiger partial charge in [0.15, 0.2) is 5.96 Å². The molecule has 0 aromatic carbocycles. The molecular formula is C15H27IN4O2S2. The van der Waals surface area contributed by atoms with Gasteiger partial charge in [-0.3, -0.25) is 4.99 Å². The van der Waals surface area contributed by atoms with Crippen LogP contribution in [-0.4, -0.2) is 48.6 Å². The van der Waals surface area contributed by atoms with Crippen LogP contribution in [0.25, 0.3) is 0 Å². The van der Waals surface area contributed by atoms with Crippen molar-refractivity contribution in [3.63, 3.8) is 0 Å². The molecule has 0 spiro atoms. The third-order valence-electron chi connectivity index (χ3n) is 3.18. The van der Waals surface area contributed by atoms with Crippen molar-refractivity contribution in [1.29, 1.82) is 0 Å². The summed E-state index contributed by atoms with van der Waals surface area (Å²) in [4.78, 5) is 21.1. The highest BCUT2D eigenvalue weighted by molar-refractivity contribution is 14.0. The van der Waals surface area contributed by atoms with Gasteiger partial charge in [0.05, 0.1) is 18.3 Å². The number of esters is 1. The molecule has 0 radical (unpaired) electrons. The van der Waals surface area contributed by atoms with Gasteiger partial charge in [-0.2, -0.15) is 11.8 Å². The van der Waals surface area contributed by atoms with Gasteiger partial charge < -0.3 is 15.4 Å². The van der Waals surface area contributed by atoms with E-state index in [1.54, 1.807) is 25.7 Å². The van der Waals surface area contributed by atoms with Crippen LogP contribution in [0.3, 0.4) is 0 Å². The first-order valence-corrected chi connectivity index (χ1v) is 9.67. The SMILES string of the molecule is CCOC(=O)c1sc(C(C)NC(=NC)NCC(C)SC)nc1C.I. The Labute approximate surface area is 169 Å². The van der Waals surface area contributed by atoms with E-state index in [9.17, 15) is 4.79 Å². The van der Waals surface area contributed by atoms with Gasteiger partial charge in [0.2, 0.25) is 0 Å². The van der Waals surface area contributed by atoms with Gasteiger partial charge in [-0.05, 0) is 27.0 Å². The van der Waals surface area contributed by atoms with E-state index in [2.05, 4.69) is 33.8 Å². The number of carbonyl (C=O) groups excluding carboxylic acids is 1. The highest BCUT2D eigenvalue weighted by Crippen LogP contribution is 2.24. The molecule has 1 rings (SSSR count). The van der Waals surface area contributed by atoms with Crippen molar-refractivity contribution < 1.29 is 9.53 Å². The number of thioether (sulfide) groups is 1. The van der Waals surface area contributed by atoms with Crippen molar-refractivity contribution in [3.05, 3.63) is 15.6 Å². The lowest BCUT2D eigenvalue weighted by molar-refractivity contribution is 0.0531. The Morgan fingerprint density at radius 3 is 2.67 bits per heavy atom. The Morgan fingerprint density at radius 2 is 2.12 bits per heavy atom. The number of hydrogen-bond donors (Lipinski definition) is 2. The van der Waals surface area contributed by atoms with Gasteiger partial charge in [-0.15, -0.1) is 35.3 Å². The molecule has 0 aliphatic rings. The molecule has 0 amide bonds. The summed E-state index contributed by atoms with van der Waals surface area (Å²) in [6.45, 7) is 8.97. The fraction of sp³-hybridized carbons (Fsp3) is 0.667. The summed E-state index contributed by atoms with van der Waals surface area (Å²) in [5.74, 6) is 0.418. The molecular weight excluding hydrogens is 459 g/mol. The summed E-state index contributed by atoms with van der Waals surface area (Å²) in [6, 6.07) is -0.0438. The maximum absolute atomic E-state index is 11.9. The molecule has 0 saturated carbocycles. The third-order valence-corrected chi connectivity index (χ3v) is 5.47. The summed E-state index contributed by atoms with van der Waals surface area (Å²) < 4.78 is 5.05. The predicted octanol–water partition coefficient (Wildman–Crippen LogP) is 3.22. The number of ether oxygens (including phenoxy) is 1. The minimum Gasteiger partial charge on any atom is -0.462 e. The summed E-state index contributed by atoms with van der Waals surface area (Å²) in [5.41, 5.74) is 0.705.